The fraction of sp³-hybridized carbons (Fsp3) is 0. The largest absolute Gasteiger partial charge is 0.309 e. The van der Waals surface area contributed by atoms with Gasteiger partial charge in [0.15, 0.2) is 16.1 Å². The highest BCUT2D eigenvalue weighted by Gasteiger charge is 2.50. The van der Waals surface area contributed by atoms with Gasteiger partial charge < -0.3 is 9.13 Å². The number of rotatable bonds is 9. The van der Waals surface area contributed by atoms with Crippen LogP contribution in [0.4, 0.5) is 0 Å². The highest BCUT2D eigenvalue weighted by Crippen LogP contribution is 2.44. The third-order valence-electron chi connectivity index (χ3n) is 16.6. The molecule has 0 radical (unpaired) electrons. The van der Waals surface area contributed by atoms with Crippen molar-refractivity contribution in [1.82, 2.24) is 9.13 Å². The molecule has 4 heteroatoms. The summed E-state index contributed by atoms with van der Waals surface area (Å²) in [4.78, 5) is 0. The van der Waals surface area contributed by atoms with Gasteiger partial charge in [0.25, 0.3) is 0 Å². The Labute approximate surface area is 444 Å². The molecule has 0 atom stereocenters. The Morgan fingerprint density at radius 3 is 1.25 bits per heavy atom. The summed E-state index contributed by atoms with van der Waals surface area (Å²) in [6.45, 7) is 0. The smallest absolute Gasteiger partial charge is 0.181 e. The fourth-order valence-corrected chi connectivity index (χ4v) is 23.8. The maximum atomic E-state index is 2.55. The monoisotopic (exact) mass is 998 g/mol. The molecule has 12 aromatic carbocycles. The van der Waals surface area contributed by atoms with Crippen molar-refractivity contribution in [3.05, 3.63) is 303 Å². The van der Waals surface area contributed by atoms with Gasteiger partial charge in [0.2, 0.25) is 0 Å². The molecule has 2 aromatic heterocycles. The van der Waals surface area contributed by atoms with Gasteiger partial charge in [-0.05, 0) is 106 Å². The first-order valence-corrected chi connectivity index (χ1v) is 30.4. The molecule has 0 saturated heterocycles. The molecule has 1 aliphatic heterocycles. The van der Waals surface area contributed by atoms with Gasteiger partial charge in [0, 0.05) is 27.2 Å². The molecule has 0 N–H and O–H groups in total. The first kappa shape index (κ1) is 44.2. The number of para-hydroxylation sites is 2. The van der Waals surface area contributed by atoms with Crippen LogP contribution < -0.4 is 41.5 Å². The maximum absolute atomic E-state index is 2.84. The summed E-state index contributed by atoms with van der Waals surface area (Å²) in [7, 11) is -5.55. The summed E-state index contributed by atoms with van der Waals surface area (Å²) in [5.74, 6) is 0. The minimum absolute atomic E-state index is 1.14. The van der Waals surface area contributed by atoms with Crippen LogP contribution in [0.5, 0.6) is 0 Å². The van der Waals surface area contributed by atoms with E-state index in [0.717, 1.165) is 5.69 Å². The summed E-state index contributed by atoms with van der Waals surface area (Å²) in [5.41, 5.74) is 12.3. The van der Waals surface area contributed by atoms with Crippen molar-refractivity contribution >= 4 is 101 Å². The summed E-state index contributed by atoms with van der Waals surface area (Å²) in [6, 6.07) is 114. The van der Waals surface area contributed by atoms with Crippen LogP contribution in [0.25, 0.3) is 77.2 Å². The van der Waals surface area contributed by atoms with E-state index in [1.807, 2.05) is 0 Å². The van der Waals surface area contributed by atoms with Crippen molar-refractivity contribution in [1.29, 1.82) is 0 Å². The molecular weight excluding hydrogens is 949 g/mol. The van der Waals surface area contributed by atoms with E-state index >= 15 is 0 Å². The normalized spacial score (nSPS) is 12.8. The van der Waals surface area contributed by atoms with E-state index in [1.54, 1.807) is 0 Å². The molecule has 2 nitrogen and oxygen atoms in total. The molecule has 0 unspecified atom stereocenters. The molecule has 0 spiro atoms. The first-order valence-electron chi connectivity index (χ1n) is 26.4. The van der Waals surface area contributed by atoms with Gasteiger partial charge in [-0.3, -0.25) is 0 Å². The van der Waals surface area contributed by atoms with Gasteiger partial charge in [0.1, 0.15) is 0 Å². The Hall–Kier alpha value is -9.33. The number of benzene rings is 12. The molecule has 0 amide bonds. The predicted octanol–water partition coefficient (Wildman–Crippen LogP) is 12.3. The zero-order chi connectivity index (χ0) is 50.2. The Morgan fingerprint density at radius 1 is 0.263 bits per heavy atom. The van der Waals surface area contributed by atoms with Crippen LogP contribution in [0.15, 0.2) is 303 Å². The number of hydrogen-bond donors (Lipinski definition) is 0. The van der Waals surface area contributed by atoms with E-state index in [2.05, 4.69) is 312 Å². The van der Waals surface area contributed by atoms with Gasteiger partial charge in [-0.15, -0.1) is 0 Å². The third-order valence-corrected chi connectivity index (χ3v) is 26.3. The van der Waals surface area contributed by atoms with Crippen LogP contribution in [0, 0.1) is 0 Å². The second-order valence-corrected chi connectivity index (χ2v) is 27.7. The zero-order valence-corrected chi connectivity index (χ0v) is 43.8. The van der Waals surface area contributed by atoms with Crippen LogP contribution in [-0.2, 0) is 0 Å². The molecule has 356 valence electrons. The van der Waals surface area contributed by atoms with E-state index in [-0.39, 0.29) is 0 Å². The van der Waals surface area contributed by atoms with Gasteiger partial charge >= 0.3 is 0 Å². The van der Waals surface area contributed by atoms with E-state index in [0.29, 0.717) is 0 Å². The van der Waals surface area contributed by atoms with Gasteiger partial charge in [-0.25, -0.2) is 0 Å². The Morgan fingerprint density at radius 2 is 0.658 bits per heavy atom. The minimum atomic E-state index is -2.84. The SMILES string of the molecule is c1ccc([Si](c2ccccc2)(c2ccccc2)c2ccc(-n3c4ccccc4c4c(-n5c6ccccc6c6c(-c7cccc8c7[Si](c7ccccc7)(c7ccccc7)c7ccccc7-8)cccc65)cccc43)cc2)cc1. The number of aromatic nitrogens is 2. The predicted molar refractivity (Wildman–Crippen MR) is 327 cm³/mol. The van der Waals surface area contributed by atoms with Crippen molar-refractivity contribution in [3.8, 4) is 33.6 Å². The molecule has 0 fully saturated rings. The average Bonchev–Trinajstić information content (AvgIpc) is 4.31. The van der Waals surface area contributed by atoms with Crippen molar-refractivity contribution in [2.24, 2.45) is 0 Å². The molecule has 15 rings (SSSR count). The van der Waals surface area contributed by atoms with Crippen LogP contribution >= 0.6 is 0 Å². The van der Waals surface area contributed by atoms with Gasteiger partial charge in [-0.1, -0.05) is 261 Å². The summed E-state index contributed by atoms with van der Waals surface area (Å²) >= 11 is 0. The van der Waals surface area contributed by atoms with Crippen LogP contribution in [-0.4, -0.2) is 25.3 Å². The second kappa shape index (κ2) is 17.7. The summed E-state index contributed by atoms with van der Waals surface area (Å²) < 4.78 is 5.03. The Balaban J connectivity index is 0.955. The Bertz CT molecular complexity index is 4350. The lowest BCUT2D eigenvalue weighted by Crippen LogP contribution is -2.74. The molecular formula is C72H50N2Si2. The molecule has 0 aliphatic carbocycles. The number of nitrogens with zero attached hydrogens (tertiary/aromatic N) is 2. The standard InChI is InChI=1S/C72H50N2Si2/c1-6-25-52(26-7-1)75(53-27-8-2-9-28-53,54-29-10-3-11-30-54)57-49-47-51(48-50-57)73-64-41-19-17-37-63(64)71-67(73)44-24-45-68(71)74-65-42-20-16-36-62(65)70-59(38-23-43-66(70)74)61-40-22-39-60-58-35-18-21-46-69(58)76(72(60)61,55-31-12-4-13-32-55)56-33-14-5-15-34-56/h1-50H. The molecule has 1 aliphatic rings. The molecule has 0 bridgehead atoms. The van der Waals surface area contributed by atoms with E-state index < -0.39 is 16.1 Å². The van der Waals surface area contributed by atoms with E-state index in [4.69, 9.17) is 0 Å². The fourth-order valence-electron chi connectivity index (χ4n) is 13.6. The summed E-state index contributed by atoms with van der Waals surface area (Å²) in [6.07, 6.45) is 0. The zero-order valence-electron chi connectivity index (χ0n) is 41.8. The third kappa shape index (κ3) is 6.32. The quantitative estimate of drug-likeness (QED) is 0.101. The summed E-state index contributed by atoms with van der Waals surface area (Å²) in [5, 5.41) is 16.1. The lowest BCUT2D eigenvalue weighted by Gasteiger charge is -2.34. The number of fused-ring (bicyclic) bond motifs is 9. The van der Waals surface area contributed by atoms with Crippen molar-refractivity contribution in [2.45, 2.75) is 0 Å². The lowest BCUT2D eigenvalue weighted by molar-refractivity contribution is 1.17. The maximum Gasteiger partial charge on any atom is 0.181 e. The molecule has 3 heterocycles. The number of hydrogen-bond acceptors (Lipinski definition) is 0. The minimum Gasteiger partial charge on any atom is -0.309 e. The average molecular weight is 999 g/mol. The van der Waals surface area contributed by atoms with Gasteiger partial charge in [-0.2, -0.15) is 0 Å². The van der Waals surface area contributed by atoms with Crippen molar-refractivity contribution in [3.63, 3.8) is 0 Å². The first-order chi connectivity index (χ1) is 37.8. The molecule has 76 heavy (non-hydrogen) atoms. The highest BCUT2D eigenvalue weighted by molar-refractivity contribution is 7.23. The topological polar surface area (TPSA) is 9.86 Å². The van der Waals surface area contributed by atoms with E-state index in [9.17, 15) is 0 Å². The van der Waals surface area contributed by atoms with E-state index in [1.165, 1.54) is 113 Å². The van der Waals surface area contributed by atoms with Crippen molar-refractivity contribution in [2.75, 3.05) is 0 Å². The molecule has 14 aromatic rings. The van der Waals surface area contributed by atoms with Crippen molar-refractivity contribution < 1.29 is 0 Å². The van der Waals surface area contributed by atoms with Crippen LogP contribution in [0.1, 0.15) is 0 Å². The Kier molecular flexibility index (Phi) is 10.3. The molecule has 0 saturated carbocycles. The highest BCUT2D eigenvalue weighted by atomic mass is 28.3. The van der Waals surface area contributed by atoms with Crippen LogP contribution in [0.3, 0.4) is 0 Å². The second-order valence-electron chi connectivity index (χ2n) is 20.2. The lowest BCUT2D eigenvalue weighted by atomic mass is 9.96. The van der Waals surface area contributed by atoms with Crippen LogP contribution in [0.2, 0.25) is 0 Å². The van der Waals surface area contributed by atoms with Gasteiger partial charge in [0.05, 0.1) is 27.8 Å².